The number of hydrazone groups is 1. The van der Waals surface area contributed by atoms with Gasteiger partial charge in [-0.05, 0) is 92.2 Å². The molecule has 2 aromatic heterocycles. The van der Waals surface area contributed by atoms with Gasteiger partial charge in [-0.25, -0.2) is 5.01 Å². The maximum absolute atomic E-state index is 14.6. The second-order valence-corrected chi connectivity index (χ2v) is 13.3. The van der Waals surface area contributed by atoms with E-state index in [2.05, 4.69) is 20.9 Å². The minimum atomic E-state index is -0.369. The molecule has 6 nitrogen and oxygen atoms in total. The van der Waals surface area contributed by atoms with Gasteiger partial charge in [0.15, 0.2) is 0 Å². The van der Waals surface area contributed by atoms with Gasteiger partial charge in [-0.1, -0.05) is 46.3 Å². The van der Waals surface area contributed by atoms with Gasteiger partial charge in [0, 0.05) is 27.4 Å². The molecule has 9 rings (SSSR count). The molecule has 5 aliphatic rings. The fourth-order valence-corrected chi connectivity index (χ4v) is 8.97. The van der Waals surface area contributed by atoms with Gasteiger partial charge in [0.25, 0.3) is 5.56 Å². The number of halogens is 1. The second-order valence-electron chi connectivity index (χ2n) is 12.4. The van der Waals surface area contributed by atoms with E-state index >= 15 is 0 Å². The van der Waals surface area contributed by atoms with E-state index in [1.807, 2.05) is 60.7 Å². The molecule has 4 saturated carbocycles. The van der Waals surface area contributed by atoms with Gasteiger partial charge in [0.2, 0.25) is 5.91 Å². The third-order valence-electron chi connectivity index (χ3n) is 9.81. The molecule has 4 bridgehead atoms. The minimum absolute atomic E-state index is 0.115. The number of aromatic nitrogens is 1. The summed E-state index contributed by atoms with van der Waals surface area (Å²) in [5.41, 5.74) is 3.14. The first kappa shape index (κ1) is 24.4. The third-order valence-corrected chi connectivity index (χ3v) is 10.3. The van der Waals surface area contributed by atoms with Gasteiger partial charge in [-0.15, -0.1) is 0 Å². The molecule has 4 aliphatic carbocycles. The summed E-state index contributed by atoms with van der Waals surface area (Å²) in [6, 6.07) is 19.3. The van der Waals surface area contributed by atoms with Crippen LogP contribution in [0, 0.1) is 23.2 Å². The van der Waals surface area contributed by atoms with Crippen molar-refractivity contribution in [2.24, 2.45) is 28.3 Å². The number of amides is 1. The van der Waals surface area contributed by atoms with Crippen molar-refractivity contribution in [1.82, 2.24) is 9.99 Å². The van der Waals surface area contributed by atoms with Gasteiger partial charge < -0.3 is 9.40 Å². The first-order valence-electron chi connectivity index (χ1n) is 14.3. The molecule has 0 spiro atoms. The molecule has 4 fully saturated rings. The minimum Gasteiger partial charge on any atom is -0.467 e. The van der Waals surface area contributed by atoms with Crippen LogP contribution in [0.3, 0.4) is 0 Å². The Balaban J connectivity index is 1.30. The molecule has 1 amide bonds. The van der Waals surface area contributed by atoms with E-state index in [1.165, 1.54) is 19.3 Å². The Morgan fingerprint density at radius 1 is 0.950 bits per heavy atom. The van der Waals surface area contributed by atoms with Gasteiger partial charge in [-0.2, -0.15) is 5.10 Å². The van der Waals surface area contributed by atoms with Crippen molar-refractivity contribution in [3.63, 3.8) is 0 Å². The number of furan rings is 1. The lowest BCUT2D eigenvalue weighted by molar-refractivity contribution is -0.160. The molecule has 4 aromatic rings. The van der Waals surface area contributed by atoms with Crippen LogP contribution in [-0.2, 0) is 4.79 Å². The van der Waals surface area contributed by atoms with E-state index in [-0.39, 0.29) is 22.9 Å². The fourth-order valence-electron chi connectivity index (χ4n) is 8.61. The zero-order valence-electron chi connectivity index (χ0n) is 22.1. The molecule has 0 saturated heterocycles. The van der Waals surface area contributed by atoms with Gasteiger partial charge >= 0.3 is 0 Å². The lowest BCUT2D eigenvalue weighted by Crippen LogP contribution is -2.53. The average Bonchev–Trinajstić information content (AvgIpc) is 3.62. The van der Waals surface area contributed by atoms with E-state index in [0.29, 0.717) is 41.2 Å². The van der Waals surface area contributed by atoms with Gasteiger partial charge in [0.1, 0.15) is 11.8 Å². The van der Waals surface area contributed by atoms with Crippen LogP contribution in [0.5, 0.6) is 0 Å². The number of rotatable bonds is 4. The Morgan fingerprint density at radius 3 is 2.35 bits per heavy atom. The Morgan fingerprint density at radius 2 is 1.68 bits per heavy atom. The number of H-pyrrole nitrogens is 1. The summed E-state index contributed by atoms with van der Waals surface area (Å²) in [4.78, 5) is 31.5. The van der Waals surface area contributed by atoms with Crippen LogP contribution in [0.25, 0.3) is 22.0 Å². The monoisotopic (exact) mass is 595 g/mol. The van der Waals surface area contributed by atoms with Crippen LogP contribution in [0.4, 0.5) is 0 Å². The molecule has 1 N–H and O–H groups in total. The van der Waals surface area contributed by atoms with Crippen LogP contribution in [0.1, 0.15) is 62.3 Å². The number of hydrogen-bond donors (Lipinski definition) is 1. The van der Waals surface area contributed by atoms with Crippen molar-refractivity contribution in [2.75, 3.05) is 0 Å². The lowest BCUT2D eigenvalue weighted by Gasteiger charge is -2.56. The van der Waals surface area contributed by atoms with E-state index in [4.69, 9.17) is 9.52 Å². The highest BCUT2D eigenvalue weighted by Crippen LogP contribution is 2.61. The molecule has 0 unspecified atom stereocenters. The fraction of sp³-hybridized carbons (Fsp3) is 0.364. The topological polar surface area (TPSA) is 78.7 Å². The van der Waals surface area contributed by atoms with Gasteiger partial charge in [-0.3, -0.25) is 9.59 Å². The third kappa shape index (κ3) is 3.77. The van der Waals surface area contributed by atoms with Crippen LogP contribution in [0.15, 0.2) is 85.7 Å². The first-order valence-corrected chi connectivity index (χ1v) is 15.1. The standard InChI is InChI=1S/C33H30BrN3O3/c34-23-8-9-25-24(14-23)29(22-5-2-1-3-6-22)30(31(38)35-25)26-15-27(28-7-4-10-40-28)37(36-26)32(39)33-16-19-11-20(17-33)13-21(12-19)18-33/h1-10,14,19-21,27H,11-13,15-18H2,(H,35,38)/t19?,20?,21?,27-,33?/m1/s1. The molecular weight excluding hydrogens is 566 g/mol. The number of pyridine rings is 1. The quantitative estimate of drug-likeness (QED) is 0.266. The van der Waals surface area contributed by atoms with Crippen LogP contribution < -0.4 is 5.56 Å². The lowest BCUT2D eigenvalue weighted by atomic mass is 9.49. The highest BCUT2D eigenvalue weighted by molar-refractivity contribution is 9.10. The Bertz CT molecular complexity index is 1690. The molecule has 0 radical (unpaired) electrons. The van der Waals surface area contributed by atoms with Crippen LogP contribution in [-0.4, -0.2) is 21.6 Å². The maximum atomic E-state index is 14.6. The molecule has 3 heterocycles. The van der Waals surface area contributed by atoms with Crippen LogP contribution >= 0.6 is 15.9 Å². The predicted molar refractivity (Wildman–Crippen MR) is 158 cm³/mol. The van der Waals surface area contributed by atoms with Crippen molar-refractivity contribution >= 4 is 38.5 Å². The second kappa shape index (κ2) is 9.03. The number of nitrogens with one attached hydrogen (secondary N) is 1. The van der Waals surface area contributed by atoms with Crippen molar-refractivity contribution < 1.29 is 9.21 Å². The van der Waals surface area contributed by atoms with Crippen LogP contribution in [0.2, 0.25) is 0 Å². The zero-order valence-corrected chi connectivity index (χ0v) is 23.7. The number of hydrogen-bond acceptors (Lipinski definition) is 4. The molecule has 2 aromatic carbocycles. The van der Waals surface area contributed by atoms with Crippen molar-refractivity contribution in [2.45, 2.75) is 51.0 Å². The number of carbonyl (C=O) groups excluding carboxylic acids is 1. The number of fused-ring (bicyclic) bond motifs is 1. The zero-order chi connectivity index (χ0) is 27.0. The first-order chi connectivity index (χ1) is 19.5. The molecular formula is C33H30BrN3O3. The molecule has 1 aliphatic heterocycles. The largest absolute Gasteiger partial charge is 0.467 e. The molecule has 40 heavy (non-hydrogen) atoms. The number of aromatic amines is 1. The average molecular weight is 597 g/mol. The molecule has 1 atom stereocenters. The summed E-state index contributed by atoms with van der Waals surface area (Å²) in [6.07, 6.45) is 8.77. The van der Waals surface area contributed by atoms with Gasteiger partial charge in [0.05, 0.1) is 23.0 Å². The Labute approximate surface area is 240 Å². The SMILES string of the molecule is O=C(N1N=C(c2c(-c3ccccc3)c3cc(Br)ccc3[nH]c2=O)C[C@@H]1c1ccco1)C12CC3CC(CC(C3)C1)C2. The van der Waals surface area contributed by atoms with E-state index in [9.17, 15) is 9.59 Å². The highest BCUT2D eigenvalue weighted by Gasteiger charge is 2.57. The summed E-state index contributed by atoms with van der Waals surface area (Å²) < 4.78 is 6.80. The summed E-state index contributed by atoms with van der Waals surface area (Å²) in [5, 5.41) is 7.66. The van der Waals surface area contributed by atoms with E-state index in [0.717, 1.165) is 45.8 Å². The van der Waals surface area contributed by atoms with Crippen molar-refractivity contribution in [1.29, 1.82) is 0 Å². The van der Waals surface area contributed by atoms with Crippen molar-refractivity contribution in [3.8, 4) is 11.1 Å². The summed E-state index contributed by atoms with van der Waals surface area (Å²) in [7, 11) is 0. The molecule has 7 heteroatoms. The summed E-state index contributed by atoms with van der Waals surface area (Å²) in [5.74, 6) is 2.77. The highest BCUT2D eigenvalue weighted by atomic mass is 79.9. The number of benzene rings is 2. The Kier molecular flexibility index (Phi) is 5.50. The number of nitrogens with zero attached hydrogens (tertiary/aromatic N) is 2. The Hall–Kier alpha value is -3.45. The normalized spacial score (nSPS) is 28.8. The number of carbonyl (C=O) groups is 1. The van der Waals surface area contributed by atoms with E-state index < -0.39 is 0 Å². The van der Waals surface area contributed by atoms with Crippen molar-refractivity contribution in [3.05, 3.63) is 93.1 Å². The molecule has 202 valence electrons. The summed E-state index contributed by atoms with van der Waals surface area (Å²) >= 11 is 3.62. The summed E-state index contributed by atoms with van der Waals surface area (Å²) in [6.45, 7) is 0. The maximum Gasteiger partial charge on any atom is 0.258 e. The smallest absolute Gasteiger partial charge is 0.258 e. The van der Waals surface area contributed by atoms with E-state index in [1.54, 1.807) is 11.3 Å². The predicted octanol–water partition coefficient (Wildman–Crippen LogP) is 7.44.